The number of carbonyl (C=O) groups excluding carboxylic acids is 2. The van der Waals surface area contributed by atoms with Crippen LogP contribution in [0.5, 0.6) is 0 Å². The van der Waals surface area contributed by atoms with Gasteiger partial charge in [-0.2, -0.15) is 0 Å². The van der Waals surface area contributed by atoms with Crippen LogP contribution in [0.3, 0.4) is 0 Å². The van der Waals surface area contributed by atoms with E-state index in [0.717, 1.165) is 31.2 Å². The lowest BCUT2D eigenvalue weighted by Crippen LogP contribution is -2.35. The van der Waals surface area contributed by atoms with Crippen LogP contribution in [0.2, 0.25) is 0 Å². The lowest BCUT2D eigenvalue weighted by Gasteiger charge is -2.11. The van der Waals surface area contributed by atoms with E-state index >= 15 is 0 Å². The predicted octanol–water partition coefficient (Wildman–Crippen LogP) is 1.39. The van der Waals surface area contributed by atoms with Crippen LogP contribution in [0.15, 0.2) is 24.3 Å². The minimum Gasteiger partial charge on any atom is -0.452 e. The quantitative estimate of drug-likeness (QED) is 0.798. The summed E-state index contributed by atoms with van der Waals surface area (Å²) in [6, 6.07) is 6.67. The van der Waals surface area contributed by atoms with Gasteiger partial charge in [-0.3, -0.25) is 4.79 Å². The molecule has 0 atom stereocenters. The molecule has 0 unspecified atom stereocenters. The zero-order chi connectivity index (χ0) is 14.4. The lowest BCUT2D eigenvalue weighted by atomic mass is 10.1. The largest absolute Gasteiger partial charge is 0.452 e. The van der Waals surface area contributed by atoms with Gasteiger partial charge in [-0.15, -0.1) is 0 Å². The van der Waals surface area contributed by atoms with E-state index in [1.165, 1.54) is 0 Å². The Kier molecular flexibility index (Phi) is 5.12. The molecule has 1 aromatic carbocycles. The molecule has 0 saturated heterocycles. The zero-order valence-electron chi connectivity index (χ0n) is 11.3. The average Bonchev–Trinajstić information content (AvgIpc) is 2.97. The lowest BCUT2D eigenvalue weighted by molar-refractivity contribution is -0.124. The van der Waals surface area contributed by atoms with Crippen molar-refractivity contribution < 1.29 is 19.4 Å². The highest BCUT2D eigenvalue weighted by atomic mass is 16.5. The van der Waals surface area contributed by atoms with Crippen molar-refractivity contribution in [3.05, 3.63) is 35.4 Å². The maximum absolute atomic E-state index is 11.7. The molecule has 20 heavy (non-hydrogen) atoms. The molecule has 2 rings (SSSR count). The summed E-state index contributed by atoms with van der Waals surface area (Å²) >= 11 is 0. The second kappa shape index (κ2) is 7.05. The van der Waals surface area contributed by atoms with E-state index in [4.69, 9.17) is 9.84 Å². The molecule has 0 aliphatic heterocycles. The van der Waals surface area contributed by atoms with Crippen molar-refractivity contribution in [2.24, 2.45) is 0 Å². The summed E-state index contributed by atoms with van der Waals surface area (Å²) in [7, 11) is 0. The molecular formula is C15H19NO4. The molecular weight excluding hydrogens is 258 g/mol. The molecule has 5 heteroatoms. The minimum atomic E-state index is -0.531. The van der Waals surface area contributed by atoms with Crippen LogP contribution in [0.1, 0.15) is 41.6 Å². The fourth-order valence-corrected chi connectivity index (χ4v) is 2.30. The molecule has 1 aliphatic carbocycles. The number of carbonyl (C=O) groups is 2. The summed E-state index contributed by atoms with van der Waals surface area (Å²) in [4.78, 5) is 23.3. The van der Waals surface area contributed by atoms with E-state index in [9.17, 15) is 9.59 Å². The van der Waals surface area contributed by atoms with Gasteiger partial charge in [0.1, 0.15) is 0 Å². The van der Waals surface area contributed by atoms with Gasteiger partial charge < -0.3 is 15.2 Å². The highest BCUT2D eigenvalue weighted by Gasteiger charge is 2.18. The first kappa shape index (κ1) is 14.5. The molecule has 1 saturated carbocycles. The number of nitrogens with one attached hydrogen (secondary N) is 1. The molecule has 108 valence electrons. The Hall–Kier alpha value is -1.88. The Morgan fingerprint density at radius 3 is 2.45 bits per heavy atom. The van der Waals surface area contributed by atoms with Gasteiger partial charge in [0.05, 0.1) is 12.2 Å². The van der Waals surface area contributed by atoms with Crippen LogP contribution in [0.25, 0.3) is 0 Å². The number of esters is 1. The Morgan fingerprint density at radius 1 is 1.20 bits per heavy atom. The number of rotatable bonds is 5. The van der Waals surface area contributed by atoms with Crippen LogP contribution in [-0.4, -0.2) is 29.6 Å². The molecule has 0 radical (unpaired) electrons. The van der Waals surface area contributed by atoms with Gasteiger partial charge in [-0.1, -0.05) is 25.0 Å². The summed E-state index contributed by atoms with van der Waals surface area (Å²) in [5.74, 6) is -0.784. The Labute approximate surface area is 117 Å². The van der Waals surface area contributed by atoms with Crippen LogP contribution in [0.4, 0.5) is 0 Å². The molecule has 2 N–H and O–H groups in total. The maximum atomic E-state index is 11.7. The maximum Gasteiger partial charge on any atom is 0.338 e. The molecule has 1 aliphatic rings. The molecule has 0 heterocycles. The third-order valence-corrected chi connectivity index (χ3v) is 3.43. The minimum absolute atomic E-state index is 0.0703. The molecule has 5 nitrogen and oxygen atoms in total. The molecule has 0 aromatic heterocycles. The molecule has 1 amide bonds. The SMILES string of the molecule is O=C(COC(=O)c1ccc(CO)cc1)NC1CCCC1. The molecule has 0 spiro atoms. The van der Waals surface area contributed by atoms with Crippen molar-refractivity contribution >= 4 is 11.9 Å². The standard InChI is InChI=1S/C15H19NO4/c17-9-11-5-7-12(8-6-11)15(19)20-10-14(18)16-13-3-1-2-4-13/h5-8,13,17H,1-4,9-10H2,(H,16,18). The Bertz CT molecular complexity index is 463. The van der Waals surface area contributed by atoms with E-state index in [-0.39, 0.29) is 25.2 Å². The molecule has 1 fully saturated rings. The highest BCUT2D eigenvalue weighted by molar-refractivity contribution is 5.91. The predicted molar refractivity (Wildman–Crippen MR) is 73.0 cm³/mol. The van der Waals surface area contributed by atoms with Gasteiger partial charge in [0, 0.05) is 6.04 Å². The summed E-state index contributed by atoms with van der Waals surface area (Å²) in [5, 5.41) is 11.8. The fraction of sp³-hybridized carbons (Fsp3) is 0.467. The van der Waals surface area contributed by atoms with E-state index in [0.29, 0.717) is 5.56 Å². The van der Waals surface area contributed by atoms with Gasteiger partial charge in [-0.25, -0.2) is 4.79 Å². The first-order valence-corrected chi connectivity index (χ1v) is 6.85. The van der Waals surface area contributed by atoms with Crippen LogP contribution >= 0.6 is 0 Å². The summed E-state index contributed by atoms with van der Waals surface area (Å²) < 4.78 is 4.96. The van der Waals surface area contributed by atoms with Crippen LogP contribution < -0.4 is 5.32 Å². The van der Waals surface area contributed by atoms with E-state index in [1.807, 2.05) is 0 Å². The number of benzene rings is 1. The first-order valence-electron chi connectivity index (χ1n) is 6.85. The second-order valence-corrected chi connectivity index (χ2v) is 4.98. The fourth-order valence-electron chi connectivity index (χ4n) is 2.30. The number of aliphatic hydroxyl groups is 1. The van der Waals surface area contributed by atoms with Crippen LogP contribution in [-0.2, 0) is 16.1 Å². The first-order chi connectivity index (χ1) is 9.69. The number of hydrogen-bond donors (Lipinski definition) is 2. The van der Waals surface area contributed by atoms with Gasteiger partial charge >= 0.3 is 5.97 Å². The molecule has 0 bridgehead atoms. The number of hydrogen-bond acceptors (Lipinski definition) is 4. The molecule has 1 aromatic rings. The van der Waals surface area contributed by atoms with E-state index in [2.05, 4.69) is 5.32 Å². The Balaban J connectivity index is 1.77. The van der Waals surface area contributed by atoms with Crippen molar-refractivity contribution in [2.75, 3.05) is 6.61 Å². The normalized spacial score (nSPS) is 15.1. The van der Waals surface area contributed by atoms with Crippen LogP contribution in [0, 0.1) is 0 Å². The zero-order valence-corrected chi connectivity index (χ0v) is 11.3. The topological polar surface area (TPSA) is 75.6 Å². The monoisotopic (exact) mass is 277 g/mol. The summed E-state index contributed by atoms with van der Waals surface area (Å²) in [5.41, 5.74) is 1.09. The van der Waals surface area contributed by atoms with Crippen molar-refractivity contribution in [2.45, 2.75) is 38.3 Å². The number of ether oxygens (including phenoxy) is 1. The van der Waals surface area contributed by atoms with Crippen molar-refractivity contribution in [3.8, 4) is 0 Å². The van der Waals surface area contributed by atoms with Gasteiger partial charge in [0.25, 0.3) is 5.91 Å². The third-order valence-electron chi connectivity index (χ3n) is 3.43. The Morgan fingerprint density at radius 2 is 1.85 bits per heavy atom. The number of aliphatic hydroxyl groups excluding tert-OH is 1. The van der Waals surface area contributed by atoms with Crippen molar-refractivity contribution in [1.82, 2.24) is 5.32 Å². The van der Waals surface area contributed by atoms with Crippen molar-refractivity contribution in [3.63, 3.8) is 0 Å². The summed E-state index contributed by atoms with van der Waals surface area (Å²) in [6.07, 6.45) is 4.29. The van der Waals surface area contributed by atoms with Gasteiger partial charge in [0.15, 0.2) is 6.61 Å². The number of amides is 1. The van der Waals surface area contributed by atoms with Gasteiger partial charge in [0.2, 0.25) is 0 Å². The third kappa shape index (κ3) is 4.06. The average molecular weight is 277 g/mol. The summed E-state index contributed by atoms with van der Waals surface area (Å²) in [6.45, 7) is -0.323. The highest BCUT2D eigenvalue weighted by Crippen LogP contribution is 2.17. The van der Waals surface area contributed by atoms with Crippen molar-refractivity contribution in [1.29, 1.82) is 0 Å². The van der Waals surface area contributed by atoms with E-state index < -0.39 is 5.97 Å². The smallest absolute Gasteiger partial charge is 0.338 e. The van der Waals surface area contributed by atoms with Gasteiger partial charge in [-0.05, 0) is 30.5 Å². The van der Waals surface area contributed by atoms with E-state index in [1.54, 1.807) is 24.3 Å². The second-order valence-electron chi connectivity index (χ2n) is 4.98.